The maximum atomic E-state index is 11.5. The molecular weight excluding hydrogens is 206 g/mol. The van der Waals surface area contributed by atoms with E-state index in [2.05, 4.69) is 5.32 Å². The third-order valence-corrected chi connectivity index (χ3v) is 2.60. The highest BCUT2D eigenvalue weighted by Gasteiger charge is 2.24. The number of carbonyl (C=O) groups is 2. The number of amides is 1. The number of benzene rings is 1. The zero-order valence-electron chi connectivity index (χ0n) is 8.77. The summed E-state index contributed by atoms with van der Waals surface area (Å²) in [7, 11) is 0. The Morgan fingerprint density at radius 3 is 2.62 bits per heavy atom. The highest BCUT2D eigenvalue weighted by molar-refractivity contribution is 6.00. The molecule has 0 bridgehead atoms. The number of rotatable bonds is 4. The molecular formula is C12H13NO3. The maximum Gasteiger partial charge on any atom is 0.337 e. The number of para-hydroxylation sites is 1. The van der Waals surface area contributed by atoms with E-state index in [9.17, 15) is 9.59 Å². The van der Waals surface area contributed by atoms with Gasteiger partial charge in [-0.3, -0.25) is 4.79 Å². The fourth-order valence-corrected chi connectivity index (χ4v) is 1.56. The standard InChI is InChI=1S/C12H13NO3/c14-11(7-8-5-6-8)13-10-4-2-1-3-9(10)12(15)16/h1-4,8H,5-7H2,(H,13,14)(H,15,16). The number of hydrogen-bond donors (Lipinski definition) is 2. The highest BCUT2D eigenvalue weighted by Crippen LogP contribution is 2.32. The van der Waals surface area contributed by atoms with E-state index in [1.54, 1.807) is 18.2 Å². The molecule has 16 heavy (non-hydrogen) atoms. The predicted molar refractivity (Wildman–Crippen MR) is 59.4 cm³/mol. The minimum Gasteiger partial charge on any atom is -0.478 e. The second-order valence-electron chi connectivity index (χ2n) is 4.05. The molecule has 1 saturated carbocycles. The van der Waals surface area contributed by atoms with Gasteiger partial charge in [0.25, 0.3) is 0 Å². The average Bonchev–Trinajstić information content (AvgIpc) is 3.02. The monoisotopic (exact) mass is 219 g/mol. The molecule has 0 radical (unpaired) electrons. The lowest BCUT2D eigenvalue weighted by Gasteiger charge is -2.07. The first-order chi connectivity index (χ1) is 7.66. The van der Waals surface area contributed by atoms with E-state index in [0.29, 0.717) is 18.0 Å². The van der Waals surface area contributed by atoms with Crippen LogP contribution in [0.3, 0.4) is 0 Å². The van der Waals surface area contributed by atoms with Crippen molar-refractivity contribution in [1.29, 1.82) is 0 Å². The van der Waals surface area contributed by atoms with E-state index >= 15 is 0 Å². The highest BCUT2D eigenvalue weighted by atomic mass is 16.4. The van der Waals surface area contributed by atoms with Gasteiger partial charge in [-0.15, -0.1) is 0 Å². The van der Waals surface area contributed by atoms with E-state index in [-0.39, 0.29) is 11.5 Å². The van der Waals surface area contributed by atoms with Crippen molar-refractivity contribution in [3.63, 3.8) is 0 Å². The van der Waals surface area contributed by atoms with Gasteiger partial charge in [-0.2, -0.15) is 0 Å². The number of aromatic carboxylic acids is 1. The Kier molecular flexibility index (Phi) is 2.90. The molecule has 84 valence electrons. The van der Waals surface area contributed by atoms with Crippen LogP contribution in [0.25, 0.3) is 0 Å². The van der Waals surface area contributed by atoms with Crippen molar-refractivity contribution in [3.8, 4) is 0 Å². The lowest BCUT2D eigenvalue weighted by molar-refractivity contribution is -0.116. The van der Waals surface area contributed by atoms with Crippen LogP contribution in [-0.4, -0.2) is 17.0 Å². The molecule has 0 heterocycles. The summed E-state index contributed by atoms with van der Waals surface area (Å²) in [5.41, 5.74) is 0.507. The maximum absolute atomic E-state index is 11.5. The molecule has 1 fully saturated rings. The number of hydrogen-bond acceptors (Lipinski definition) is 2. The van der Waals surface area contributed by atoms with Gasteiger partial charge < -0.3 is 10.4 Å². The van der Waals surface area contributed by atoms with E-state index in [1.165, 1.54) is 6.07 Å². The fourth-order valence-electron chi connectivity index (χ4n) is 1.56. The summed E-state index contributed by atoms with van der Waals surface area (Å²) in [5, 5.41) is 11.6. The number of anilines is 1. The molecule has 1 amide bonds. The lowest BCUT2D eigenvalue weighted by atomic mass is 10.1. The minimum atomic E-state index is -1.03. The molecule has 0 aromatic heterocycles. The van der Waals surface area contributed by atoms with Crippen LogP contribution in [0.5, 0.6) is 0 Å². The Morgan fingerprint density at radius 2 is 2.00 bits per heavy atom. The average molecular weight is 219 g/mol. The van der Waals surface area contributed by atoms with Gasteiger partial charge in [-0.25, -0.2) is 4.79 Å². The molecule has 0 saturated heterocycles. The SMILES string of the molecule is O=C(CC1CC1)Nc1ccccc1C(=O)O. The Labute approximate surface area is 93.3 Å². The van der Waals surface area contributed by atoms with Crippen molar-refractivity contribution in [2.75, 3.05) is 5.32 Å². The first kappa shape index (κ1) is 10.7. The molecule has 2 N–H and O–H groups in total. The summed E-state index contributed by atoms with van der Waals surface area (Å²) in [6.45, 7) is 0. The van der Waals surface area contributed by atoms with Gasteiger partial charge in [-0.1, -0.05) is 12.1 Å². The van der Waals surface area contributed by atoms with Gasteiger partial charge in [-0.05, 0) is 30.9 Å². The molecule has 1 aliphatic rings. The van der Waals surface area contributed by atoms with Crippen LogP contribution in [0, 0.1) is 5.92 Å². The second kappa shape index (κ2) is 4.35. The van der Waals surface area contributed by atoms with Gasteiger partial charge in [0, 0.05) is 6.42 Å². The Balaban J connectivity index is 2.07. The van der Waals surface area contributed by atoms with Crippen LogP contribution >= 0.6 is 0 Å². The van der Waals surface area contributed by atoms with Crippen LogP contribution in [0.1, 0.15) is 29.6 Å². The summed E-state index contributed by atoms with van der Waals surface area (Å²) >= 11 is 0. The Bertz CT molecular complexity index is 424. The third kappa shape index (κ3) is 2.59. The second-order valence-corrected chi connectivity index (χ2v) is 4.05. The van der Waals surface area contributed by atoms with Gasteiger partial charge in [0.2, 0.25) is 5.91 Å². The molecule has 2 rings (SSSR count). The molecule has 1 aromatic rings. The summed E-state index contributed by atoms with van der Waals surface area (Å²) in [4.78, 5) is 22.4. The van der Waals surface area contributed by atoms with Crippen LogP contribution in [0.2, 0.25) is 0 Å². The minimum absolute atomic E-state index is 0.101. The van der Waals surface area contributed by atoms with Crippen molar-refractivity contribution in [3.05, 3.63) is 29.8 Å². The summed E-state index contributed by atoms with van der Waals surface area (Å²) in [6, 6.07) is 6.43. The van der Waals surface area contributed by atoms with E-state index in [1.807, 2.05) is 0 Å². The molecule has 0 atom stereocenters. The Hall–Kier alpha value is -1.84. The molecule has 0 spiro atoms. The number of carboxylic acid groups (broad SMARTS) is 1. The van der Waals surface area contributed by atoms with Crippen molar-refractivity contribution >= 4 is 17.6 Å². The van der Waals surface area contributed by atoms with Crippen molar-refractivity contribution in [2.24, 2.45) is 5.92 Å². The van der Waals surface area contributed by atoms with E-state index in [4.69, 9.17) is 5.11 Å². The predicted octanol–water partition coefficient (Wildman–Crippen LogP) is 2.12. The summed E-state index contributed by atoms with van der Waals surface area (Å²) < 4.78 is 0. The topological polar surface area (TPSA) is 66.4 Å². The first-order valence-corrected chi connectivity index (χ1v) is 5.29. The van der Waals surface area contributed by atoms with Crippen molar-refractivity contribution in [2.45, 2.75) is 19.3 Å². The van der Waals surface area contributed by atoms with E-state index < -0.39 is 5.97 Å². The molecule has 4 heteroatoms. The van der Waals surface area contributed by atoms with Crippen molar-refractivity contribution in [1.82, 2.24) is 0 Å². The van der Waals surface area contributed by atoms with Crippen LogP contribution in [0.15, 0.2) is 24.3 Å². The summed E-state index contributed by atoms with van der Waals surface area (Å²) in [5.74, 6) is -0.629. The zero-order chi connectivity index (χ0) is 11.5. The van der Waals surface area contributed by atoms with Crippen LogP contribution in [0.4, 0.5) is 5.69 Å². The smallest absolute Gasteiger partial charge is 0.337 e. The van der Waals surface area contributed by atoms with Gasteiger partial charge >= 0.3 is 5.97 Å². The lowest BCUT2D eigenvalue weighted by Crippen LogP contribution is -2.14. The number of nitrogens with one attached hydrogen (secondary N) is 1. The Morgan fingerprint density at radius 1 is 1.31 bits per heavy atom. The first-order valence-electron chi connectivity index (χ1n) is 5.29. The molecule has 0 unspecified atom stereocenters. The molecule has 0 aliphatic heterocycles. The van der Waals surface area contributed by atoms with Gasteiger partial charge in [0.1, 0.15) is 0 Å². The quantitative estimate of drug-likeness (QED) is 0.815. The van der Waals surface area contributed by atoms with Crippen molar-refractivity contribution < 1.29 is 14.7 Å². The zero-order valence-corrected chi connectivity index (χ0v) is 8.77. The van der Waals surface area contributed by atoms with Crippen LogP contribution in [-0.2, 0) is 4.79 Å². The largest absolute Gasteiger partial charge is 0.478 e. The fraction of sp³-hybridized carbons (Fsp3) is 0.333. The summed E-state index contributed by atoms with van der Waals surface area (Å²) in [6.07, 6.45) is 2.70. The van der Waals surface area contributed by atoms with Crippen LogP contribution < -0.4 is 5.32 Å². The van der Waals surface area contributed by atoms with Gasteiger partial charge in [0.15, 0.2) is 0 Å². The molecule has 4 nitrogen and oxygen atoms in total. The molecule has 1 aromatic carbocycles. The number of carboxylic acids is 1. The number of carbonyl (C=O) groups excluding carboxylic acids is 1. The molecule has 1 aliphatic carbocycles. The van der Waals surface area contributed by atoms with Gasteiger partial charge in [0.05, 0.1) is 11.3 Å². The normalized spacial score (nSPS) is 14.5. The van der Waals surface area contributed by atoms with E-state index in [0.717, 1.165) is 12.8 Å². The third-order valence-electron chi connectivity index (χ3n) is 2.60.